The number of aryl methyl sites for hydroxylation is 1. The van der Waals surface area contributed by atoms with Crippen molar-refractivity contribution in [3.8, 4) is 5.75 Å². The molecule has 4 rings (SSSR count). The molecule has 33 heavy (non-hydrogen) atoms. The summed E-state index contributed by atoms with van der Waals surface area (Å²) in [6.45, 7) is 6.34. The zero-order valence-electron chi connectivity index (χ0n) is 19.2. The second-order valence-corrected chi connectivity index (χ2v) is 7.84. The quantitative estimate of drug-likeness (QED) is 0.267. The van der Waals surface area contributed by atoms with Gasteiger partial charge >= 0.3 is 0 Å². The molecule has 1 atom stereocenters. The molecule has 176 valence electrons. The van der Waals surface area contributed by atoms with Crippen LogP contribution in [0.4, 0.5) is 0 Å². The Labute approximate surface area is 212 Å². The molecule has 0 aliphatic carbocycles. The predicted molar refractivity (Wildman–Crippen MR) is 141 cm³/mol. The summed E-state index contributed by atoms with van der Waals surface area (Å²) in [5.41, 5.74) is 3.41. The standard InChI is InChI=1S/C25H31N5O2.HI/c1-3-26-25(30-13-14-31-24(18-30)22-16-28-29(2)17-22)27-15-20-9-11-21(12-10-20)19-32-23-7-5-4-6-8-23;/h4-12,16-17,24H,3,13-15,18-19H2,1-2H3,(H,26,27);1H. The molecule has 8 heteroatoms. The van der Waals surface area contributed by atoms with E-state index in [2.05, 4.69) is 46.5 Å². The van der Waals surface area contributed by atoms with Gasteiger partial charge in [-0.3, -0.25) is 4.68 Å². The lowest BCUT2D eigenvalue weighted by atomic mass is 10.1. The number of halogens is 1. The molecule has 1 unspecified atom stereocenters. The highest BCUT2D eigenvalue weighted by atomic mass is 127. The van der Waals surface area contributed by atoms with Crippen LogP contribution in [0.15, 0.2) is 72.0 Å². The summed E-state index contributed by atoms with van der Waals surface area (Å²) >= 11 is 0. The largest absolute Gasteiger partial charge is 0.489 e. The smallest absolute Gasteiger partial charge is 0.194 e. The third kappa shape index (κ3) is 7.20. The van der Waals surface area contributed by atoms with Crippen LogP contribution in [-0.2, 0) is 24.9 Å². The van der Waals surface area contributed by atoms with Crippen molar-refractivity contribution in [2.45, 2.75) is 26.2 Å². The highest BCUT2D eigenvalue weighted by molar-refractivity contribution is 14.0. The Morgan fingerprint density at radius 2 is 1.91 bits per heavy atom. The van der Waals surface area contributed by atoms with Crippen molar-refractivity contribution >= 4 is 29.9 Å². The SMILES string of the molecule is CCNC(=NCc1ccc(COc2ccccc2)cc1)N1CCOC(c2cnn(C)c2)C1.I. The number of morpholine rings is 1. The average Bonchev–Trinajstić information content (AvgIpc) is 3.28. The van der Waals surface area contributed by atoms with Crippen LogP contribution in [0.2, 0.25) is 0 Å². The minimum absolute atomic E-state index is 0. The number of hydrogen-bond donors (Lipinski definition) is 1. The van der Waals surface area contributed by atoms with Crippen LogP contribution in [0.3, 0.4) is 0 Å². The van der Waals surface area contributed by atoms with Gasteiger partial charge in [-0.05, 0) is 30.2 Å². The lowest BCUT2D eigenvalue weighted by molar-refractivity contribution is -0.00805. The van der Waals surface area contributed by atoms with Gasteiger partial charge in [-0.15, -0.1) is 24.0 Å². The maximum absolute atomic E-state index is 5.98. The van der Waals surface area contributed by atoms with E-state index in [1.807, 2.05) is 54.5 Å². The van der Waals surface area contributed by atoms with Crippen LogP contribution >= 0.6 is 24.0 Å². The van der Waals surface area contributed by atoms with E-state index in [-0.39, 0.29) is 30.1 Å². The number of nitrogens with one attached hydrogen (secondary N) is 1. The molecule has 1 aliphatic rings. The predicted octanol–water partition coefficient (Wildman–Crippen LogP) is 4.16. The Kier molecular flexibility index (Phi) is 9.56. The molecule has 0 spiro atoms. The van der Waals surface area contributed by atoms with E-state index in [1.165, 1.54) is 5.56 Å². The summed E-state index contributed by atoms with van der Waals surface area (Å²) in [7, 11) is 1.93. The third-order valence-electron chi connectivity index (χ3n) is 5.38. The summed E-state index contributed by atoms with van der Waals surface area (Å²) in [6, 6.07) is 18.3. The van der Waals surface area contributed by atoms with E-state index in [4.69, 9.17) is 14.5 Å². The number of rotatable bonds is 7. The number of nitrogens with zero attached hydrogens (tertiary/aromatic N) is 4. The fraction of sp³-hybridized carbons (Fsp3) is 0.360. The molecule has 2 heterocycles. The van der Waals surface area contributed by atoms with Gasteiger partial charge in [-0.1, -0.05) is 42.5 Å². The molecule has 0 radical (unpaired) electrons. The zero-order chi connectivity index (χ0) is 22.2. The average molecular weight is 561 g/mol. The van der Waals surface area contributed by atoms with Gasteiger partial charge in [-0.25, -0.2) is 4.99 Å². The molecule has 0 bridgehead atoms. The Balaban J connectivity index is 0.00000306. The molecule has 7 nitrogen and oxygen atoms in total. The van der Waals surface area contributed by atoms with Gasteiger partial charge in [0.2, 0.25) is 0 Å². The second kappa shape index (κ2) is 12.6. The van der Waals surface area contributed by atoms with Crippen molar-refractivity contribution in [2.24, 2.45) is 12.0 Å². The molecular weight excluding hydrogens is 529 g/mol. The maximum atomic E-state index is 5.98. The first-order valence-electron chi connectivity index (χ1n) is 11.1. The summed E-state index contributed by atoms with van der Waals surface area (Å²) in [6.07, 6.45) is 3.90. The van der Waals surface area contributed by atoms with E-state index < -0.39 is 0 Å². The van der Waals surface area contributed by atoms with E-state index in [9.17, 15) is 0 Å². The summed E-state index contributed by atoms with van der Waals surface area (Å²) in [4.78, 5) is 7.16. The molecule has 1 aliphatic heterocycles. The Bertz CT molecular complexity index is 1010. The van der Waals surface area contributed by atoms with Gasteiger partial charge in [-0.2, -0.15) is 5.10 Å². The van der Waals surface area contributed by atoms with Gasteiger partial charge < -0.3 is 19.7 Å². The van der Waals surface area contributed by atoms with Gasteiger partial charge in [0.05, 0.1) is 25.9 Å². The van der Waals surface area contributed by atoms with Crippen LogP contribution in [-0.4, -0.2) is 46.9 Å². The highest BCUT2D eigenvalue weighted by Crippen LogP contribution is 2.22. The van der Waals surface area contributed by atoms with Gasteiger partial charge in [0, 0.05) is 31.9 Å². The number of para-hydroxylation sites is 1. The second-order valence-electron chi connectivity index (χ2n) is 7.84. The van der Waals surface area contributed by atoms with Crippen molar-refractivity contribution in [3.63, 3.8) is 0 Å². The van der Waals surface area contributed by atoms with E-state index in [0.29, 0.717) is 19.8 Å². The minimum Gasteiger partial charge on any atom is -0.489 e. The van der Waals surface area contributed by atoms with Crippen LogP contribution in [0.25, 0.3) is 0 Å². The van der Waals surface area contributed by atoms with Crippen LogP contribution < -0.4 is 10.1 Å². The maximum Gasteiger partial charge on any atom is 0.194 e. The van der Waals surface area contributed by atoms with E-state index in [0.717, 1.165) is 42.5 Å². The lowest BCUT2D eigenvalue weighted by Gasteiger charge is -2.34. The minimum atomic E-state index is 0. The van der Waals surface area contributed by atoms with Crippen molar-refractivity contribution in [2.75, 3.05) is 26.2 Å². The first-order chi connectivity index (χ1) is 15.7. The van der Waals surface area contributed by atoms with Crippen molar-refractivity contribution < 1.29 is 9.47 Å². The Morgan fingerprint density at radius 3 is 2.61 bits per heavy atom. The number of ether oxygens (including phenoxy) is 2. The van der Waals surface area contributed by atoms with Crippen LogP contribution in [0.1, 0.15) is 29.7 Å². The Hall–Kier alpha value is -2.59. The molecule has 1 N–H and O–H groups in total. The summed E-state index contributed by atoms with van der Waals surface area (Å²) in [5, 5.41) is 7.70. The molecule has 3 aromatic rings. The molecular formula is C25H32IN5O2. The van der Waals surface area contributed by atoms with E-state index in [1.54, 1.807) is 0 Å². The van der Waals surface area contributed by atoms with Crippen molar-refractivity contribution in [1.29, 1.82) is 0 Å². The van der Waals surface area contributed by atoms with Gasteiger partial charge in [0.15, 0.2) is 5.96 Å². The molecule has 0 amide bonds. The van der Waals surface area contributed by atoms with Crippen LogP contribution in [0, 0.1) is 0 Å². The van der Waals surface area contributed by atoms with Crippen LogP contribution in [0.5, 0.6) is 5.75 Å². The molecule has 0 saturated carbocycles. The fourth-order valence-corrected chi connectivity index (χ4v) is 3.67. The first kappa shape index (κ1) is 25.0. The number of aliphatic imine (C=N–C) groups is 1. The van der Waals surface area contributed by atoms with Gasteiger partial charge in [0.1, 0.15) is 18.5 Å². The molecule has 1 fully saturated rings. The Morgan fingerprint density at radius 1 is 1.15 bits per heavy atom. The monoisotopic (exact) mass is 561 g/mol. The molecule has 1 aromatic heterocycles. The fourth-order valence-electron chi connectivity index (χ4n) is 3.67. The number of hydrogen-bond acceptors (Lipinski definition) is 4. The zero-order valence-corrected chi connectivity index (χ0v) is 21.5. The highest BCUT2D eigenvalue weighted by Gasteiger charge is 2.25. The number of benzene rings is 2. The van der Waals surface area contributed by atoms with E-state index >= 15 is 0 Å². The summed E-state index contributed by atoms with van der Waals surface area (Å²) in [5.74, 6) is 1.80. The lowest BCUT2D eigenvalue weighted by Crippen LogP contribution is -2.48. The first-order valence-corrected chi connectivity index (χ1v) is 11.1. The summed E-state index contributed by atoms with van der Waals surface area (Å²) < 4.78 is 13.6. The normalized spacial score (nSPS) is 16.2. The third-order valence-corrected chi connectivity index (χ3v) is 5.38. The number of aromatic nitrogens is 2. The molecule has 1 saturated heterocycles. The number of guanidine groups is 1. The molecule has 2 aromatic carbocycles. The van der Waals surface area contributed by atoms with Crippen molar-refractivity contribution in [3.05, 3.63) is 83.7 Å². The van der Waals surface area contributed by atoms with Gasteiger partial charge in [0.25, 0.3) is 0 Å². The van der Waals surface area contributed by atoms with Crippen molar-refractivity contribution in [1.82, 2.24) is 20.0 Å². The topological polar surface area (TPSA) is 63.9 Å².